The van der Waals surface area contributed by atoms with Crippen LogP contribution in [0.1, 0.15) is 39.0 Å². The maximum atomic E-state index is 14.2. The third kappa shape index (κ3) is 2.88. The third-order valence-corrected chi connectivity index (χ3v) is 4.46. The first-order valence-corrected chi connectivity index (χ1v) is 7.49. The molecule has 0 radical (unpaired) electrons. The maximum Gasteiger partial charge on any atom is 0.352 e. The van der Waals surface area contributed by atoms with Crippen molar-refractivity contribution in [3.05, 3.63) is 0 Å². The van der Waals surface area contributed by atoms with Crippen LogP contribution in [0.5, 0.6) is 0 Å². The van der Waals surface area contributed by atoms with Crippen LogP contribution >= 0.6 is 0 Å². The van der Waals surface area contributed by atoms with Gasteiger partial charge in [0.05, 0.1) is 5.92 Å². The lowest BCUT2D eigenvalue weighted by Crippen LogP contribution is -2.62. The van der Waals surface area contributed by atoms with E-state index in [-0.39, 0.29) is 31.8 Å². The van der Waals surface area contributed by atoms with Gasteiger partial charge < -0.3 is 15.3 Å². The number of hydrogen-bond donors (Lipinski definition) is 2. The molecule has 1 aliphatic heterocycles. The summed E-state index contributed by atoms with van der Waals surface area (Å²) in [6.07, 6.45) is 1.49. The molecule has 0 aromatic carbocycles. The number of alkyl halides is 2. The molecule has 1 saturated heterocycles. The van der Waals surface area contributed by atoms with E-state index in [0.29, 0.717) is 25.8 Å². The number of halogens is 2. The Balaban J connectivity index is 2.03. The second kappa shape index (κ2) is 5.87. The molecule has 0 bridgehead atoms. The number of likely N-dealkylation sites (tertiary alicyclic amines) is 1. The number of amides is 2. The highest BCUT2D eigenvalue weighted by atomic mass is 19.3. The highest BCUT2D eigenvalue weighted by Crippen LogP contribution is 2.45. The van der Waals surface area contributed by atoms with E-state index in [1.54, 1.807) is 6.92 Å². The molecule has 0 aromatic heterocycles. The number of nitrogens with one attached hydrogen (secondary N) is 1. The van der Waals surface area contributed by atoms with Crippen LogP contribution in [-0.2, 0) is 9.59 Å². The van der Waals surface area contributed by atoms with Crippen molar-refractivity contribution in [2.24, 2.45) is 5.92 Å². The summed E-state index contributed by atoms with van der Waals surface area (Å²) in [5.74, 6) is -5.78. The first kappa shape index (κ1) is 16.1. The van der Waals surface area contributed by atoms with Crippen molar-refractivity contribution in [2.45, 2.75) is 50.6 Å². The minimum Gasteiger partial charge on any atom is -0.383 e. The molecule has 7 heteroatoms. The van der Waals surface area contributed by atoms with Gasteiger partial charge in [-0.25, -0.2) is 0 Å². The standard InChI is InChI=1S/C14H22F2N2O3/c1-2-17-11(19)10-5-3-8-18(9-10)12(20)14(15,16)13(21)6-4-7-13/h10,21H,2-9H2,1H3,(H,17,19). The van der Waals surface area contributed by atoms with E-state index in [2.05, 4.69) is 5.32 Å². The van der Waals surface area contributed by atoms with Gasteiger partial charge in [0.2, 0.25) is 5.91 Å². The van der Waals surface area contributed by atoms with Crippen LogP contribution in [0.25, 0.3) is 0 Å². The van der Waals surface area contributed by atoms with Crippen LogP contribution in [0.2, 0.25) is 0 Å². The number of piperidine rings is 1. The Kier molecular flexibility index (Phi) is 4.51. The quantitative estimate of drug-likeness (QED) is 0.811. The van der Waals surface area contributed by atoms with Crippen LogP contribution in [0.15, 0.2) is 0 Å². The van der Waals surface area contributed by atoms with Crippen molar-refractivity contribution in [3.63, 3.8) is 0 Å². The van der Waals surface area contributed by atoms with Crippen molar-refractivity contribution in [3.8, 4) is 0 Å². The lowest BCUT2D eigenvalue weighted by molar-refractivity contribution is -0.224. The zero-order chi connectivity index (χ0) is 15.7. The molecule has 2 aliphatic rings. The van der Waals surface area contributed by atoms with Crippen LogP contribution in [0.3, 0.4) is 0 Å². The first-order chi connectivity index (χ1) is 9.82. The van der Waals surface area contributed by atoms with E-state index in [1.807, 2.05) is 0 Å². The SMILES string of the molecule is CCNC(=O)C1CCCN(C(=O)C(F)(F)C2(O)CCC2)C1. The predicted octanol–water partition coefficient (Wildman–Crippen LogP) is 0.911. The van der Waals surface area contributed by atoms with E-state index < -0.39 is 23.3 Å². The van der Waals surface area contributed by atoms with Gasteiger partial charge in [-0.15, -0.1) is 0 Å². The number of aliphatic hydroxyl groups is 1. The van der Waals surface area contributed by atoms with Gasteiger partial charge in [0, 0.05) is 19.6 Å². The van der Waals surface area contributed by atoms with E-state index in [1.165, 1.54) is 0 Å². The summed E-state index contributed by atoms with van der Waals surface area (Å²) in [6, 6.07) is 0. The average Bonchev–Trinajstić information content (AvgIpc) is 2.44. The third-order valence-electron chi connectivity index (χ3n) is 4.46. The highest BCUT2D eigenvalue weighted by molar-refractivity contribution is 5.86. The molecule has 1 unspecified atom stereocenters. The molecule has 120 valence electrons. The number of nitrogens with zero attached hydrogens (tertiary/aromatic N) is 1. The molecule has 2 N–H and O–H groups in total. The normalized spacial score (nSPS) is 25.1. The molecule has 21 heavy (non-hydrogen) atoms. The zero-order valence-corrected chi connectivity index (χ0v) is 12.2. The minimum absolute atomic E-state index is 0.00363. The molecule has 0 aromatic rings. The zero-order valence-electron chi connectivity index (χ0n) is 12.2. The molecule has 2 rings (SSSR count). The Morgan fingerprint density at radius 3 is 2.57 bits per heavy atom. The summed E-state index contributed by atoms with van der Waals surface area (Å²) in [7, 11) is 0. The largest absolute Gasteiger partial charge is 0.383 e. The number of carbonyl (C=O) groups excluding carboxylic acids is 2. The number of hydrogen-bond acceptors (Lipinski definition) is 3. The highest BCUT2D eigenvalue weighted by Gasteiger charge is 2.62. The Morgan fingerprint density at radius 2 is 2.05 bits per heavy atom. The van der Waals surface area contributed by atoms with E-state index in [4.69, 9.17) is 0 Å². The average molecular weight is 304 g/mol. The molecule has 2 fully saturated rings. The van der Waals surface area contributed by atoms with E-state index in [0.717, 1.165) is 4.90 Å². The number of carbonyl (C=O) groups is 2. The van der Waals surface area contributed by atoms with Gasteiger partial charge >= 0.3 is 5.92 Å². The predicted molar refractivity (Wildman–Crippen MR) is 71.7 cm³/mol. The Hall–Kier alpha value is -1.24. The molecule has 5 nitrogen and oxygen atoms in total. The fourth-order valence-electron chi connectivity index (χ4n) is 2.92. The monoisotopic (exact) mass is 304 g/mol. The second-order valence-electron chi connectivity index (χ2n) is 5.94. The molecule has 1 aliphatic carbocycles. The molecular weight excluding hydrogens is 282 g/mol. The molecule has 2 amide bonds. The van der Waals surface area contributed by atoms with E-state index in [9.17, 15) is 23.5 Å². The van der Waals surface area contributed by atoms with Crippen LogP contribution < -0.4 is 5.32 Å². The Bertz CT molecular complexity index is 424. The van der Waals surface area contributed by atoms with Crippen molar-refractivity contribution in [1.82, 2.24) is 10.2 Å². The van der Waals surface area contributed by atoms with Gasteiger partial charge in [-0.2, -0.15) is 8.78 Å². The van der Waals surface area contributed by atoms with Crippen molar-refractivity contribution in [1.29, 1.82) is 0 Å². The summed E-state index contributed by atoms with van der Waals surface area (Å²) in [5, 5.41) is 12.5. The molecule has 1 atom stereocenters. The van der Waals surface area contributed by atoms with Crippen LogP contribution in [0.4, 0.5) is 8.78 Å². The van der Waals surface area contributed by atoms with Gasteiger partial charge in [-0.05, 0) is 39.0 Å². The summed E-state index contributed by atoms with van der Waals surface area (Å²) in [4.78, 5) is 24.9. The molecule has 0 spiro atoms. The summed E-state index contributed by atoms with van der Waals surface area (Å²) in [6.45, 7) is 2.46. The summed E-state index contributed by atoms with van der Waals surface area (Å²) in [5.41, 5.74) is -2.21. The van der Waals surface area contributed by atoms with Gasteiger partial charge in [0.1, 0.15) is 5.60 Å². The van der Waals surface area contributed by atoms with Crippen molar-refractivity contribution < 1.29 is 23.5 Å². The van der Waals surface area contributed by atoms with Crippen molar-refractivity contribution in [2.75, 3.05) is 19.6 Å². The Morgan fingerprint density at radius 1 is 1.38 bits per heavy atom. The summed E-state index contributed by atoms with van der Waals surface area (Å²) >= 11 is 0. The fourth-order valence-corrected chi connectivity index (χ4v) is 2.92. The van der Waals surface area contributed by atoms with Crippen molar-refractivity contribution >= 4 is 11.8 Å². The van der Waals surface area contributed by atoms with Crippen LogP contribution in [-0.4, -0.2) is 53.0 Å². The first-order valence-electron chi connectivity index (χ1n) is 7.49. The molecular formula is C14H22F2N2O3. The Labute approximate surface area is 122 Å². The van der Waals surface area contributed by atoms with Gasteiger partial charge in [-0.1, -0.05) is 0 Å². The lowest BCUT2D eigenvalue weighted by atomic mass is 9.74. The lowest BCUT2D eigenvalue weighted by Gasteiger charge is -2.44. The van der Waals surface area contributed by atoms with Crippen LogP contribution in [0, 0.1) is 5.92 Å². The van der Waals surface area contributed by atoms with Gasteiger partial charge in [0.15, 0.2) is 0 Å². The molecule has 1 heterocycles. The minimum atomic E-state index is -3.77. The van der Waals surface area contributed by atoms with Gasteiger partial charge in [-0.3, -0.25) is 9.59 Å². The maximum absolute atomic E-state index is 14.2. The smallest absolute Gasteiger partial charge is 0.352 e. The molecule has 1 saturated carbocycles. The number of rotatable bonds is 4. The van der Waals surface area contributed by atoms with E-state index >= 15 is 0 Å². The fraction of sp³-hybridized carbons (Fsp3) is 0.857. The topological polar surface area (TPSA) is 69.6 Å². The second-order valence-corrected chi connectivity index (χ2v) is 5.94. The van der Waals surface area contributed by atoms with Gasteiger partial charge in [0.25, 0.3) is 5.91 Å². The summed E-state index contributed by atoms with van der Waals surface area (Å²) < 4.78 is 28.3.